The van der Waals surface area contributed by atoms with E-state index < -0.39 is 0 Å². The minimum absolute atomic E-state index is 0.152. The van der Waals surface area contributed by atoms with Gasteiger partial charge < -0.3 is 10.2 Å². The highest BCUT2D eigenvalue weighted by atomic mass is 16.2. The van der Waals surface area contributed by atoms with E-state index in [1.54, 1.807) is 4.90 Å². The molecule has 6 heteroatoms. The fourth-order valence-electron chi connectivity index (χ4n) is 6.26. The second-order valence-corrected chi connectivity index (χ2v) is 11.7. The molecule has 4 atom stereocenters. The monoisotopic (exact) mass is 450 g/mol. The Hall–Kier alpha value is -2.21. The van der Waals surface area contributed by atoms with Crippen molar-refractivity contribution >= 4 is 5.91 Å². The summed E-state index contributed by atoms with van der Waals surface area (Å²) in [6.45, 7) is 9.74. The Balaban J connectivity index is 1.19. The number of hydrogen-bond donors (Lipinski definition) is 2. The predicted molar refractivity (Wildman–Crippen MR) is 130 cm³/mol. The van der Waals surface area contributed by atoms with Crippen LogP contribution in [0.3, 0.4) is 0 Å². The molecule has 4 aliphatic rings. The van der Waals surface area contributed by atoms with Crippen LogP contribution in [-0.4, -0.2) is 46.1 Å². The minimum Gasteiger partial charge on any atom is -0.353 e. The van der Waals surface area contributed by atoms with Gasteiger partial charge in [0.05, 0.1) is 31.7 Å². The number of fused-ring (bicyclic) bond motifs is 3. The summed E-state index contributed by atoms with van der Waals surface area (Å²) in [5.41, 5.74) is 3.53. The van der Waals surface area contributed by atoms with E-state index in [1.807, 2.05) is 4.68 Å². The Labute approximate surface area is 198 Å². The quantitative estimate of drug-likeness (QED) is 0.736. The second-order valence-electron chi connectivity index (χ2n) is 11.7. The van der Waals surface area contributed by atoms with Crippen LogP contribution in [0, 0.1) is 11.8 Å². The number of nitrogens with zero attached hydrogens (tertiary/aromatic N) is 3. The van der Waals surface area contributed by atoms with Gasteiger partial charge in [0.2, 0.25) is 5.91 Å². The maximum absolute atomic E-state index is 13.0. The summed E-state index contributed by atoms with van der Waals surface area (Å²) >= 11 is 0. The van der Waals surface area contributed by atoms with Crippen molar-refractivity contribution in [1.29, 1.82) is 0 Å². The van der Waals surface area contributed by atoms with E-state index >= 15 is 0 Å². The molecule has 1 amide bonds. The molecule has 6 rings (SSSR count). The number of carbonyl (C=O) groups is 1. The lowest BCUT2D eigenvalue weighted by Crippen LogP contribution is -3.20. The van der Waals surface area contributed by atoms with E-state index in [1.165, 1.54) is 37.8 Å². The zero-order valence-corrected chi connectivity index (χ0v) is 20.5. The topological polar surface area (TPSA) is 64.2 Å². The van der Waals surface area contributed by atoms with Crippen molar-refractivity contribution < 1.29 is 9.69 Å². The average molecular weight is 451 g/mol. The van der Waals surface area contributed by atoms with Crippen molar-refractivity contribution in [1.82, 2.24) is 20.3 Å². The highest BCUT2D eigenvalue weighted by Gasteiger charge is 2.46. The molecule has 3 aliphatic heterocycles. The Kier molecular flexibility index (Phi) is 6.30. The van der Waals surface area contributed by atoms with E-state index in [0.717, 1.165) is 43.6 Å². The van der Waals surface area contributed by atoms with Crippen LogP contribution in [0.5, 0.6) is 0 Å². The fraction of sp³-hybridized carbons (Fsp3) is 0.667. The van der Waals surface area contributed by atoms with Gasteiger partial charge in [-0.15, -0.1) is 5.10 Å². The summed E-state index contributed by atoms with van der Waals surface area (Å²) in [5, 5.41) is 12.3. The Bertz CT molecular complexity index is 954. The molecular formula is C27H40N5O+. The third-order valence-electron chi connectivity index (χ3n) is 8.33. The molecule has 1 aromatic heterocycles. The Morgan fingerprint density at radius 3 is 2.55 bits per heavy atom. The first-order valence-electron chi connectivity index (χ1n) is 13.0. The zero-order chi connectivity index (χ0) is 23.0. The number of aromatic nitrogens is 3. The van der Waals surface area contributed by atoms with Crippen molar-refractivity contribution in [2.24, 2.45) is 11.8 Å². The van der Waals surface area contributed by atoms with E-state index in [4.69, 9.17) is 0 Å². The first-order valence-corrected chi connectivity index (χ1v) is 13.0. The smallest absolute Gasteiger partial charge is 0.229 e. The second kappa shape index (κ2) is 9.21. The van der Waals surface area contributed by atoms with Crippen LogP contribution < -0.4 is 10.2 Å². The predicted octanol–water partition coefficient (Wildman–Crippen LogP) is 2.98. The number of rotatable bonds is 5. The molecule has 3 saturated heterocycles. The number of piperidine rings is 3. The third kappa shape index (κ3) is 5.01. The molecule has 1 aliphatic carbocycles. The summed E-state index contributed by atoms with van der Waals surface area (Å²) in [6, 6.07) is 9.65. The van der Waals surface area contributed by atoms with E-state index in [-0.39, 0.29) is 11.3 Å². The first kappa shape index (κ1) is 22.6. The molecule has 4 fully saturated rings. The molecule has 2 N–H and O–H groups in total. The van der Waals surface area contributed by atoms with Gasteiger partial charge in [-0.25, -0.2) is 4.68 Å². The van der Waals surface area contributed by atoms with Crippen molar-refractivity contribution in [2.75, 3.05) is 13.1 Å². The van der Waals surface area contributed by atoms with E-state index in [9.17, 15) is 4.79 Å². The number of amides is 1. The highest BCUT2D eigenvalue weighted by Crippen LogP contribution is 2.29. The van der Waals surface area contributed by atoms with Crippen LogP contribution in [0.25, 0.3) is 11.3 Å². The van der Waals surface area contributed by atoms with Crippen LogP contribution in [0.15, 0.2) is 30.5 Å². The maximum Gasteiger partial charge on any atom is 0.229 e. The minimum atomic E-state index is 0.152. The normalized spacial score (nSPS) is 28.1. The van der Waals surface area contributed by atoms with Gasteiger partial charge >= 0.3 is 0 Å². The van der Waals surface area contributed by atoms with Crippen molar-refractivity contribution in [3.05, 3.63) is 36.0 Å². The summed E-state index contributed by atoms with van der Waals surface area (Å²) in [4.78, 5) is 14.6. The molecule has 1 saturated carbocycles. The van der Waals surface area contributed by atoms with Crippen LogP contribution >= 0.6 is 0 Å². The molecule has 1 aromatic carbocycles. The van der Waals surface area contributed by atoms with Crippen molar-refractivity contribution in [3.63, 3.8) is 0 Å². The Morgan fingerprint density at radius 1 is 1.12 bits per heavy atom. The lowest BCUT2D eigenvalue weighted by molar-refractivity contribution is -0.945. The SMILES string of the molecule is CC(C)(C)c1ccc(-c2cn(C[C@H]3C[C@H]4CC[NH+]3C[C@@H]4C(=O)NC3CCCCC3)nn2)cc1. The standard InChI is InChI=1S/C27H39N5O/c1-27(2,3)21-11-9-19(10-12-21)25-18-32(30-29-25)16-23-15-20-13-14-31(23)17-24(20)26(33)28-22-7-5-4-6-8-22/h9-12,18,20,22-24H,4-8,13-17H2,1-3H3,(H,28,33)/p+1/t20-,23-,24+/m1/s1. The first-order chi connectivity index (χ1) is 15.9. The molecule has 1 unspecified atom stereocenters. The third-order valence-corrected chi connectivity index (χ3v) is 8.33. The summed E-state index contributed by atoms with van der Waals surface area (Å²) < 4.78 is 2.02. The van der Waals surface area contributed by atoms with Gasteiger partial charge in [-0.1, -0.05) is 69.5 Å². The van der Waals surface area contributed by atoms with Gasteiger partial charge in [-0.05, 0) is 29.7 Å². The number of carbonyl (C=O) groups excluding carboxylic acids is 1. The fourth-order valence-corrected chi connectivity index (χ4v) is 6.26. The molecule has 0 spiro atoms. The van der Waals surface area contributed by atoms with Crippen LogP contribution in [0.2, 0.25) is 0 Å². The molecule has 33 heavy (non-hydrogen) atoms. The molecule has 2 aromatic rings. The summed E-state index contributed by atoms with van der Waals surface area (Å²) in [6.07, 6.45) is 10.6. The lowest BCUT2D eigenvalue weighted by Gasteiger charge is -2.46. The number of nitrogens with one attached hydrogen (secondary N) is 2. The van der Waals surface area contributed by atoms with Crippen LogP contribution in [0.4, 0.5) is 0 Å². The van der Waals surface area contributed by atoms with Crippen LogP contribution in [-0.2, 0) is 16.8 Å². The van der Waals surface area contributed by atoms with Gasteiger partial charge in [-0.2, -0.15) is 0 Å². The van der Waals surface area contributed by atoms with Crippen LogP contribution in [0.1, 0.15) is 71.3 Å². The lowest BCUT2D eigenvalue weighted by atomic mass is 9.75. The molecule has 2 bridgehead atoms. The number of quaternary nitrogens is 1. The largest absolute Gasteiger partial charge is 0.353 e. The van der Waals surface area contributed by atoms with Gasteiger partial charge in [0, 0.05) is 24.4 Å². The molecule has 6 nitrogen and oxygen atoms in total. The van der Waals surface area contributed by atoms with Gasteiger partial charge in [-0.3, -0.25) is 4.79 Å². The summed E-state index contributed by atoms with van der Waals surface area (Å²) in [5.74, 6) is 1.04. The zero-order valence-electron chi connectivity index (χ0n) is 20.5. The highest BCUT2D eigenvalue weighted by molar-refractivity contribution is 5.79. The van der Waals surface area contributed by atoms with E-state index in [2.05, 4.69) is 66.9 Å². The van der Waals surface area contributed by atoms with Gasteiger partial charge in [0.15, 0.2) is 0 Å². The van der Waals surface area contributed by atoms with Crippen molar-refractivity contribution in [3.8, 4) is 11.3 Å². The van der Waals surface area contributed by atoms with Crippen molar-refractivity contribution in [2.45, 2.75) is 89.8 Å². The number of hydrogen-bond acceptors (Lipinski definition) is 3. The van der Waals surface area contributed by atoms with Gasteiger partial charge in [0.1, 0.15) is 11.7 Å². The number of benzene rings is 1. The summed E-state index contributed by atoms with van der Waals surface area (Å²) in [7, 11) is 0. The maximum atomic E-state index is 13.0. The van der Waals surface area contributed by atoms with Gasteiger partial charge in [0.25, 0.3) is 0 Å². The average Bonchev–Trinajstić information content (AvgIpc) is 3.28. The Morgan fingerprint density at radius 2 is 1.88 bits per heavy atom. The molecule has 0 radical (unpaired) electrons. The van der Waals surface area contributed by atoms with E-state index in [0.29, 0.717) is 23.9 Å². The molecule has 178 valence electrons. The molecule has 4 heterocycles. The molecular weight excluding hydrogens is 410 g/mol.